The normalized spacial score (nSPS) is 11.9. The first kappa shape index (κ1) is 17.2. The lowest BCUT2D eigenvalue weighted by Gasteiger charge is -2.10. The van der Waals surface area contributed by atoms with E-state index in [1.807, 2.05) is 60.8 Å². The second-order valence-electron chi connectivity index (χ2n) is 5.83. The van der Waals surface area contributed by atoms with Gasteiger partial charge < -0.3 is 10.5 Å². The van der Waals surface area contributed by atoms with E-state index in [2.05, 4.69) is 4.98 Å². The van der Waals surface area contributed by atoms with Crippen LogP contribution in [-0.4, -0.2) is 18.0 Å². The van der Waals surface area contributed by atoms with Crippen molar-refractivity contribution in [2.75, 3.05) is 7.11 Å². The second kappa shape index (κ2) is 7.94. The summed E-state index contributed by atoms with van der Waals surface area (Å²) in [6, 6.07) is 17.8. The maximum absolute atomic E-state index is 11.9. The molecule has 2 aromatic carbocycles. The highest BCUT2D eigenvalue weighted by atomic mass is 32.1. The van der Waals surface area contributed by atoms with E-state index >= 15 is 0 Å². The summed E-state index contributed by atoms with van der Waals surface area (Å²) in [6.07, 6.45) is 3.19. The average Bonchev–Trinajstić information content (AvgIpc) is 3.09. The molecule has 0 aliphatic carbocycles. The van der Waals surface area contributed by atoms with Crippen LogP contribution in [0.2, 0.25) is 0 Å². The van der Waals surface area contributed by atoms with Gasteiger partial charge in [0.1, 0.15) is 10.8 Å². The Bertz CT molecular complexity index is 828. The third-order valence-electron chi connectivity index (χ3n) is 4.03. The van der Waals surface area contributed by atoms with Crippen LogP contribution in [-0.2, 0) is 17.6 Å². The molecular formula is C20H20N2O2S. The smallest absolute Gasteiger partial charge is 0.227 e. The molecular weight excluding hydrogens is 332 g/mol. The van der Waals surface area contributed by atoms with Crippen molar-refractivity contribution < 1.29 is 9.53 Å². The number of ether oxygens (including phenoxy) is 1. The van der Waals surface area contributed by atoms with E-state index in [0.29, 0.717) is 6.42 Å². The highest BCUT2D eigenvalue weighted by molar-refractivity contribution is 7.11. The van der Waals surface area contributed by atoms with E-state index in [1.165, 1.54) is 5.56 Å². The summed E-state index contributed by atoms with van der Waals surface area (Å²) in [6.45, 7) is 0. The van der Waals surface area contributed by atoms with E-state index in [-0.39, 0.29) is 5.91 Å². The average molecular weight is 352 g/mol. The number of nitrogens with zero attached hydrogens (tertiary/aromatic N) is 1. The monoisotopic (exact) mass is 352 g/mol. The predicted octanol–water partition coefficient (Wildman–Crippen LogP) is 3.55. The molecule has 0 saturated carbocycles. The third-order valence-corrected chi connectivity index (χ3v) is 5.14. The van der Waals surface area contributed by atoms with Crippen LogP contribution in [0.25, 0.3) is 0 Å². The van der Waals surface area contributed by atoms with E-state index in [4.69, 9.17) is 10.5 Å². The van der Waals surface area contributed by atoms with Crippen molar-refractivity contribution in [1.29, 1.82) is 0 Å². The molecule has 4 nitrogen and oxygen atoms in total. The van der Waals surface area contributed by atoms with Crippen LogP contribution < -0.4 is 10.5 Å². The number of methoxy groups -OCH3 is 1. The summed E-state index contributed by atoms with van der Waals surface area (Å²) in [5.41, 5.74) is 7.88. The molecule has 3 aromatic rings. The van der Waals surface area contributed by atoms with Gasteiger partial charge in [0.15, 0.2) is 0 Å². The molecule has 0 spiro atoms. The van der Waals surface area contributed by atoms with Crippen molar-refractivity contribution >= 4 is 17.2 Å². The first-order chi connectivity index (χ1) is 12.2. The number of hydrogen-bond acceptors (Lipinski definition) is 4. The van der Waals surface area contributed by atoms with Gasteiger partial charge in [-0.2, -0.15) is 0 Å². The third kappa shape index (κ3) is 4.45. The number of nitrogens with two attached hydrogens (primary N) is 1. The fraction of sp³-hybridized carbons (Fsp3) is 0.200. The minimum absolute atomic E-state index is 0.339. The van der Waals surface area contributed by atoms with E-state index in [9.17, 15) is 4.79 Å². The number of primary amides is 1. The molecule has 1 aromatic heterocycles. The summed E-state index contributed by atoms with van der Waals surface area (Å²) in [4.78, 5) is 17.5. The van der Waals surface area contributed by atoms with Gasteiger partial charge in [0.2, 0.25) is 5.91 Å². The van der Waals surface area contributed by atoms with Crippen LogP contribution in [0, 0.1) is 0 Å². The molecule has 128 valence electrons. The van der Waals surface area contributed by atoms with Gasteiger partial charge in [0.05, 0.1) is 13.0 Å². The molecule has 0 saturated heterocycles. The zero-order valence-electron chi connectivity index (χ0n) is 14.0. The summed E-state index contributed by atoms with van der Waals surface area (Å²) in [7, 11) is 1.65. The molecule has 0 bridgehead atoms. The number of rotatable bonds is 7. The molecule has 1 unspecified atom stereocenters. The molecule has 25 heavy (non-hydrogen) atoms. The molecule has 0 fully saturated rings. The Labute approximate surface area is 151 Å². The van der Waals surface area contributed by atoms with Gasteiger partial charge in [-0.1, -0.05) is 42.5 Å². The molecule has 0 aliphatic rings. The standard InChI is InChI=1S/C20H20N2O2S/c1-24-16-9-7-15(8-10-16)11-17-13-22-20(25-17)18(19(21)23)12-14-5-3-2-4-6-14/h2-10,13,18H,11-12H2,1H3,(H2,21,23). The Morgan fingerprint density at radius 3 is 2.48 bits per heavy atom. The number of thiazole rings is 1. The number of amides is 1. The van der Waals surface area contributed by atoms with Gasteiger partial charge in [-0.15, -0.1) is 11.3 Å². The number of hydrogen-bond donors (Lipinski definition) is 1. The summed E-state index contributed by atoms with van der Waals surface area (Å²) < 4.78 is 5.18. The number of benzene rings is 2. The van der Waals surface area contributed by atoms with Crippen molar-refractivity contribution in [3.63, 3.8) is 0 Å². The van der Waals surface area contributed by atoms with Crippen LogP contribution in [0.15, 0.2) is 60.8 Å². The number of carbonyl (C=O) groups excluding carboxylic acids is 1. The molecule has 0 radical (unpaired) electrons. The largest absolute Gasteiger partial charge is 0.497 e. The summed E-state index contributed by atoms with van der Waals surface area (Å²) in [5, 5.41) is 0.778. The lowest BCUT2D eigenvalue weighted by atomic mass is 9.99. The summed E-state index contributed by atoms with van der Waals surface area (Å²) in [5.74, 6) is 0.108. The van der Waals surface area contributed by atoms with Crippen LogP contribution in [0.4, 0.5) is 0 Å². The molecule has 3 rings (SSSR count). The zero-order valence-corrected chi connectivity index (χ0v) is 14.8. The Morgan fingerprint density at radius 1 is 1.12 bits per heavy atom. The van der Waals surface area contributed by atoms with Crippen molar-refractivity contribution in [2.45, 2.75) is 18.8 Å². The fourth-order valence-electron chi connectivity index (χ4n) is 2.67. The Kier molecular flexibility index (Phi) is 5.46. The maximum Gasteiger partial charge on any atom is 0.227 e. The van der Waals surface area contributed by atoms with Crippen LogP contribution >= 0.6 is 11.3 Å². The van der Waals surface area contributed by atoms with Crippen LogP contribution in [0.5, 0.6) is 5.75 Å². The Balaban J connectivity index is 1.74. The Morgan fingerprint density at radius 2 is 1.84 bits per heavy atom. The zero-order chi connectivity index (χ0) is 17.6. The van der Waals surface area contributed by atoms with E-state index in [0.717, 1.165) is 27.6 Å². The van der Waals surface area contributed by atoms with Crippen LogP contribution in [0.3, 0.4) is 0 Å². The van der Waals surface area contributed by atoms with Gasteiger partial charge in [-0.05, 0) is 29.7 Å². The van der Waals surface area contributed by atoms with Crippen molar-refractivity contribution in [1.82, 2.24) is 4.98 Å². The van der Waals surface area contributed by atoms with Crippen molar-refractivity contribution in [3.05, 3.63) is 81.8 Å². The van der Waals surface area contributed by atoms with Crippen molar-refractivity contribution in [2.24, 2.45) is 5.73 Å². The molecule has 1 heterocycles. The minimum atomic E-state index is -0.392. The van der Waals surface area contributed by atoms with Gasteiger partial charge in [-0.25, -0.2) is 4.98 Å². The molecule has 1 amide bonds. The SMILES string of the molecule is COc1ccc(Cc2cnc(C(Cc3ccccc3)C(N)=O)s2)cc1. The van der Waals surface area contributed by atoms with Crippen molar-refractivity contribution in [3.8, 4) is 5.75 Å². The van der Waals surface area contributed by atoms with Gasteiger partial charge >= 0.3 is 0 Å². The number of carbonyl (C=O) groups is 1. The predicted molar refractivity (Wildman–Crippen MR) is 100.0 cm³/mol. The lowest BCUT2D eigenvalue weighted by molar-refractivity contribution is -0.119. The van der Waals surface area contributed by atoms with E-state index in [1.54, 1.807) is 18.4 Å². The summed E-state index contributed by atoms with van der Waals surface area (Å²) >= 11 is 1.55. The maximum atomic E-state index is 11.9. The van der Waals surface area contributed by atoms with Gasteiger partial charge in [0, 0.05) is 17.5 Å². The van der Waals surface area contributed by atoms with Gasteiger partial charge in [-0.3, -0.25) is 4.79 Å². The van der Waals surface area contributed by atoms with Gasteiger partial charge in [0.25, 0.3) is 0 Å². The molecule has 5 heteroatoms. The lowest BCUT2D eigenvalue weighted by Crippen LogP contribution is -2.23. The molecule has 0 aliphatic heterocycles. The molecule has 2 N–H and O–H groups in total. The molecule has 1 atom stereocenters. The quantitative estimate of drug-likeness (QED) is 0.707. The topological polar surface area (TPSA) is 65.2 Å². The highest BCUT2D eigenvalue weighted by Crippen LogP contribution is 2.27. The Hall–Kier alpha value is -2.66. The fourth-order valence-corrected chi connectivity index (χ4v) is 3.73. The van der Waals surface area contributed by atoms with E-state index < -0.39 is 5.92 Å². The first-order valence-electron chi connectivity index (χ1n) is 8.06. The minimum Gasteiger partial charge on any atom is -0.497 e. The second-order valence-corrected chi connectivity index (χ2v) is 6.98. The highest BCUT2D eigenvalue weighted by Gasteiger charge is 2.22. The first-order valence-corrected chi connectivity index (χ1v) is 8.88. The number of aromatic nitrogens is 1. The van der Waals surface area contributed by atoms with Crippen LogP contribution in [0.1, 0.15) is 26.9 Å².